The molecule has 1 saturated heterocycles. The molecule has 0 bridgehead atoms. The molecule has 1 aromatic rings. The second-order valence-electron chi connectivity index (χ2n) is 4.61. The molecule has 1 aliphatic rings. The van der Waals surface area contributed by atoms with E-state index in [1.165, 1.54) is 17.0 Å². The molecule has 1 aromatic carbocycles. The molecule has 1 amide bonds. The minimum Gasteiger partial charge on any atom is -0.482 e. The van der Waals surface area contributed by atoms with Gasteiger partial charge in [-0.1, -0.05) is 11.6 Å². The van der Waals surface area contributed by atoms with Crippen LogP contribution in [-0.2, 0) is 4.79 Å². The Morgan fingerprint density at radius 2 is 2.28 bits per heavy atom. The van der Waals surface area contributed by atoms with Gasteiger partial charge in [-0.25, -0.2) is 4.39 Å². The van der Waals surface area contributed by atoms with Crippen LogP contribution < -0.4 is 4.74 Å². The number of likely N-dealkylation sites (tertiary alicyclic amines) is 1. The predicted octanol–water partition coefficient (Wildman–Crippen LogP) is 1.45. The van der Waals surface area contributed by atoms with Crippen molar-refractivity contribution in [1.29, 1.82) is 0 Å². The lowest BCUT2D eigenvalue weighted by Gasteiger charge is -2.43. The summed E-state index contributed by atoms with van der Waals surface area (Å²) in [5.74, 6) is -0.432. The van der Waals surface area contributed by atoms with Crippen LogP contribution in [0.2, 0.25) is 5.02 Å². The third-order valence-corrected chi connectivity index (χ3v) is 2.96. The van der Waals surface area contributed by atoms with Gasteiger partial charge in [-0.15, -0.1) is 0 Å². The van der Waals surface area contributed by atoms with E-state index >= 15 is 0 Å². The Morgan fingerprint density at radius 1 is 1.61 bits per heavy atom. The molecule has 2 rings (SSSR count). The van der Waals surface area contributed by atoms with Crippen molar-refractivity contribution in [2.45, 2.75) is 12.5 Å². The third kappa shape index (κ3) is 2.91. The number of ether oxygens (including phenoxy) is 1. The number of nitrogens with zero attached hydrogens (tertiary/aromatic N) is 1. The quantitative estimate of drug-likeness (QED) is 0.907. The number of aliphatic hydroxyl groups is 1. The predicted molar refractivity (Wildman–Crippen MR) is 64.1 cm³/mol. The number of amides is 1. The van der Waals surface area contributed by atoms with E-state index in [4.69, 9.17) is 16.3 Å². The molecule has 6 heteroatoms. The van der Waals surface area contributed by atoms with E-state index in [0.717, 1.165) is 6.07 Å². The number of carbonyl (C=O) groups is 1. The topological polar surface area (TPSA) is 49.8 Å². The smallest absolute Gasteiger partial charge is 0.260 e. The van der Waals surface area contributed by atoms with Gasteiger partial charge < -0.3 is 14.7 Å². The standard InChI is InChI=1S/C12H13ClFNO3/c1-12(17)6-15(7-12)11(16)5-18-10-3-2-8(14)4-9(10)13/h2-4,17H,5-7H2,1H3. The maximum absolute atomic E-state index is 12.8. The summed E-state index contributed by atoms with van der Waals surface area (Å²) in [6.07, 6.45) is 0. The van der Waals surface area contributed by atoms with E-state index in [2.05, 4.69) is 0 Å². The van der Waals surface area contributed by atoms with Crippen molar-refractivity contribution in [3.05, 3.63) is 29.0 Å². The second kappa shape index (κ2) is 4.74. The van der Waals surface area contributed by atoms with E-state index in [1.54, 1.807) is 6.92 Å². The number of hydrogen-bond acceptors (Lipinski definition) is 3. The van der Waals surface area contributed by atoms with E-state index in [-0.39, 0.29) is 23.3 Å². The van der Waals surface area contributed by atoms with Crippen LogP contribution in [0.1, 0.15) is 6.92 Å². The van der Waals surface area contributed by atoms with Gasteiger partial charge >= 0.3 is 0 Å². The summed E-state index contributed by atoms with van der Waals surface area (Å²) < 4.78 is 18.0. The molecule has 0 saturated carbocycles. The minimum absolute atomic E-state index is 0.124. The first-order chi connectivity index (χ1) is 8.37. The molecule has 1 N–H and O–H groups in total. The van der Waals surface area contributed by atoms with Gasteiger partial charge in [0.25, 0.3) is 5.91 Å². The molecular weight excluding hydrogens is 261 g/mol. The summed E-state index contributed by atoms with van der Waals surface area (Å²) in [6, 6.07) is 3.70. The molecule has 0 spiro atoms. The summed E-state index contributed by atoms with van der Waals surface area (Å²) in [4.78, 5) is 13.1. The van der Waals surface area contributed by atoms with Crippen molar-refractivity contribution in [2.75, 3.05) is 19.7 Å². The molecule has 0 atom stereocenters. The van der Waals surface area contributed by atoms with Gasteiger partial charge in [0.05, 0.1) is 23.7 Å². The zero-order valence-corrected chi connectivity index (χ0v) is 10.6. The van der Waals surface area contributed by atoms with Gasteiger partial charge in [0.1, 0.15) is 11.6 Å². The van der Waals surface area contributed by atoms with Crippen molar-refractivity contribution < 1.29 is 19.0 Å². The van der Waals surface area contributed by atoms with Gasteiger partial charge in [0, 0.05) is 0 Å². The SMILES string of the molecule is CC1(O)CN(C(=O)COc2ccc(F)cc2Cl)C1. The minimum atomic E-state index is -0.802. The number of carbonyl (C=O) groups excluding carboxylic acids is 1. The van der Waals surface area contributed by atoms with Crippen LogP contribution in [0.5, 0.6) is 5.75 Å². The number of rotatable bonds is 3. The normalized spacial score (nSPS) is 17.2. The van der Waals surface area contributed by atoms with Crippen molar-refractivity contribution >= 4 is 17.5 Å². The highest BCUT2D eigenvalue weighted by atomic mass is 35.5. The lowest BCUT2D eigenvalue weighted by molar-refractivity contribution is -0.154. The molecule has 4 nitrogen and oxygen atoms in total. The molecule has 0 aliphatic carbocycles. The summed E-state index contributed by atoms with van der Waals surface area (Å²) in [5.41, 5.74) is -0.802. The molecule has 0 unspecified atom stereocenters. The third-order valence-electron chi connectivity index (χ3n) is 2.66. The van der Waals surface area contributed by atoms with E-state index in [1.807, 2.05) is 0 Å². The lowest BCUT2D eigenvalue weighted by Crippen LogP contribution is -2.62. The Kier molecular flexibility index (Phi) is 3.45. The molecule has 0 radical (unpaired) electrons. The van der Waals surface area contributed by atoms with Crippen LogP contribution >= 0.6 is 11.6 Å². The average molecular weight is 274 g/mol. The largest absolute Gasteiger partial charge is 0.482 e. The zero-order valence-electron chi connectivity index (χ0n) is 9.82. The maximum Gasteiger partial charge on any atom is 0.260 e. The molecule has 98 valence electrons. The zero-order chi connectivity index (χ0) is 13.3. The van der Waals surface area contributed by atoms with E-state index in [0.29, 0.717) is 13.1 Å². The first-order valence-corrected chi connectivity index (χ1v) is 5.83. The summed E-state index contributed by atoms with van der Waals surface area (Å²) in [6.45, 7) is 2.08. The molecule has 1 heterocycles. The molecular formula is C12H13ClFNO3. The fourth-order valence-corrected chi connectivity index (χ4v) is 2.00. The number of hydrogen-bond donors (Lipinski definition) is 1. The van der Waals surface area contributed by atoms with E-state index in [9.17, 15) is 14.3 Å². The first-order valence-electron chi connectivity index (χ1n) is 5.45. The Bertz CT molecular complexity index is 470. The summed E-state index contributed by atoms with van der Waals surface area (Å²) in [5, 5.41) is 9.62. The lowest BCUT2D eigenvalue weighted by atomic mass is 9.97. The van der Waals surface area contributed by atoms with Gasteiger partial charge in [0.15, 0.2) is 6.61 Å². The Labute approximate surface area is 109 Å². The Morgan fingerprint density at radius 3 is 2.83 bits per heavy atom. The van der Waals surface area contributed by atoms with Crippen LogP contribution in [0.15, 0.2) is 18.2 Å². The van der Waals surface area contributed by atoms with Crippen LogP contribution in [0.4, 0.5) is 4.39 Å². The molecule has 1 fully saturated rings. The van der Waals surface area contributed by atoms with Crippen LogP contribution in [0.25, 0.3) is 0 Å². The van der Waals surface area contributed by atoms with Crippen molar-refractivity contribution in [1.82, 2.24) is 4.90 Å². The fraction of sp³-hybridized carbons (Fsp3) is 0.417. The summed E-state index contributed by atoms with van der Waals surface area (Å²) in [7, 11) is 0. The van der Waals surface area contributed by atoms with Crippen LogP contribution in [-0.4, -0.2) is 41.2 Å². The van der Waals surface area contributed by atoms with Crippen LogP contribution in [0.3, 0.4) is 0 Å². The van der Waals surface area contributed by atoms with Gasteiger partial charge in [-0.3, -0.25) is 4.79 Å². The van der Waals surface area contributed by atoms with Gasteiger partial charge in [-0.2, -0.15) is 0 Å². The first kappa shape index (κ1) is 13.1. The second-order valence-corrected chi connectivity index (χ2v) is 5.02. The van der Waals surface area contributed by atoms with Gasteiger partial charge in [0.2, 0.25) is 0 Å². The van der Waals surface area contributed by atoms with E-state index < -0.39 is 11.4 Å². The molecule has 18 heavy (non-hydrogen) atoms. The number of halogens is 2. The highest BCUT2D eigenvalue weighted by Crippen LogP contribution is 2.25. The van der Waals surface area contributed by atoms with Crippen LogP contribution in [0, 0.1) is 5.82 Å². The summed E-state index contributed by atoms with van der Waals surface area (Å²) >= 11 is 5.76. The van der Waals surface area contributed by atoms with Gasteiger partial charge in [-0.05, 0) is 25.1 Å². The van der Waals surface area contributed by atoms with Crippen molar-refractivity contribution in [3.8, 4) is 5.75 Å². The van der Waals surface area contributed by atoms with Crippen molar-refractivity contribution in [2.24, 2.45) is 0 Å². The Hall–Kier alpha value is -1.33. The maximum atomic E-state index is 12.8. The van der Waals surface area contributed by atoms with Crippen molar-refractivity contribution in [3.63, 3.8) is 0 Å². The monoisotopic (exact) mass is 273 g/mol. The number of benzene rings is 1. The highest BCUT2D eigenvalue weighted by molar-refractivity contribution is 6.32. The highest BCUT2D eigenvalue weighted by Gasteiger charge is 2.39. The molecule has 1 aliphatic heterocycles. The fourth-order valence-electron chi connectivity index (χ4n) is 1.78. The molecule has 0 aromatic heterocycles. The average Bonchev–Trinajstić information content (AvgIpc) is 2.24. The Balaban J connectivity index is 1.86. The number of β-amino-alcohol motifs (C(OH)–C–C–N with tert-alkyl or cyclic N) is 1.